The Hall–Kier alpha value is -0.870. The topological polar surface area (TPSA) is 29.5 Å². The lowest BCUT2D eigenvalue weighted by atomic mass is 10.2. The summed E-state index contributed by atoms with van der Waals surface area (Å²) in [6.07, 6.45) is 0.646. The van der Waals surface area contributed by atoms with Crippen LogP contribution in [0.5, 0.6) is 0 Å². The van der Waals surface area contributed by atoms with Crippen LogP contribution in [-0.2, 0) is 9.53 Å². The van der Waals surface area contributed by atoms with Gasteiger partial charge in [0, 0.05) is 16.6 Å². The minimum absolute atomic E-state index is 0.105. The van der Waals surface area contributed by atoms with Gasteiger partial charge >= 0.3 is 0 Å². The highest BCUT2D eigenvalue weighted by Crippen LogP contribution is 2.33. The van der Waals surface area contributed by atoms with E-state index in [1.54, 1.807) is 0 Å². The predicted molar refractivity (Wildman–Crippen MR) is 59.8 cm³/mol. The molecule has 4 heteroatoms. The van der Waals surface area contributed by atoms with Gasteiger partial charge in [-0.05, 0) is 24.3 Å². The fraction of sp³-hybridized carbons (Fsp3) is 0.364. The van der Waals surface area contributed by atoms with E-state index in [1.807, 2.05) is 29.2 Å². The molecule has 0 spiro atoms. The monoisotopic (exact) mass is 267 g/mol. The van der Waals surface area contributed by atoms with Crippen molar-refractivity contribution in [2.24, 2.45) is 0 Å². The zero-order valence-electron chi connectivity index (χ0n) is 8.02. The number of amides is 1. The molecule has 3 nitrogen and oxygen atoms in total. The van der Waals surface area contributed by atoms with Gasteiger partial charge in [-0.25, -0.2) is 0 Å². The Kier molecular flexibility index (Phi) is 2.07. The summed E-state index contributed by atoms with van der Waals surface area (Å²) in [5.74, 6) is 0.105. The van der Waals surface area contributed by atoms with Crippen LogP contribution >= 0.6 is 15.9 Å². The van der Waals surface area contributed by atoms with Crippen LogP contribution in [0.4, 0.5) is 5.69 Å². The first-order chi connectivity index (χ1) is 7.25. The van der Waals surface area contributed by atoms with Gasteiger partial charge in [-0.15, -0.1) is 0 Å². The number of rotatable bonds is 1. The maximum Gasteiger partial charge on any atom is 0.256 e. The van der Waals surface area contributed by atoms with E-state index in [4.69, 9.17) is 4.74 Å². The molecule has 0 saturated carbocycles. The molecule has 3 rings (SSSR count). The normalized spacial score (nSPS) is 28.9. The Labute approximate surface area is 96.1 Å². The average Bonchev–Trinajstić information content (AvgIpc) is 2.80. The molecule has 1 amide bonds. The van der Waals surface area contributed by atoms with E-state index in [2.05, 4.69) is 15.9 Å². The molecule has 1 aromatic carbocycles. The number of carbonyl (C=O) groups excluding carboxylic acids is 1. The molecule has 2 atom stereocenters. The summed E-state index contributed by atoms with van der Waals surface area (Å²) in [4.78, 5) is 13.7. The Bertz CT molecular complexity index is 404. The maximum atomic E-state index is 11.8. The summed E-state index contributed by atoms with van der Waals surface area (Å²) >= 11 is 3.38. The van der Waals surface area contributed by atoms with Crippen molar-refractivity contribution >= 4 is 27.5 Å². The predicted octanol–water partition coefficient (Wildman–Crippen LogP) is 1.95. The van der Waals surface area contributed by atoms with Crippen LogP contribution in [0.2, 0.25) is 0 Å². The molecule has 78 valence electrons. The molecule has 2 fully saturated rings. The third-order valence-electron chi connectivity index (χ3n) is 2.96. The van der Waals surface area contributed by atoms with Crippen molar-refractivity contribution in [1.29, 1.82) is 0 Å². The lowest BCUT2D eigenvalue weighted by Crippen LogP contribution is -2.41. The quantitative estimate of drug-likeness (QED) is 0.779. The first-order valence-electron chi connectivity index (χ1n) is 4.96. The van der Waals surface area contributed by atoms with E-state index in [9.17, 15) is 4.79 Å². The first-order valence-corrected chi connectivity index (χ1v) is 5.75. The molecule has 2 unspecified atom stereocenters. The van der Waals surface area contributed by atoms with Gasteiger partial charge in [0.25, 0.3) is 5.91 Å². The molecule has 0 aromatic heterocycles. The van der Waals surface area contributed by atoms with E-state index in [0.717, 1.165) is 16.6 Å². The van der Waals surface area contributed by atoms with Crippen molar-refractivity contribution < 1.29 is 9.53 Å². The van der Waals surface area contributed by atoms with Crippen LogP contribution in [0.25, 0.3) is 0 Å². The van der Waals surface area contributed by atoms with Crippen LogP contribution in [-0.4, -0.2) is 24.7 Å². The van der Waals surface area contributed by atoms with Crippen LogP contribution in [0.3, 0.4) is 0 Å². The fourth-order valence-corrected chi connectivity index (χ4v) is 2.50. The van der Waals surface area contributed by atoms with E-state index < -0.39 is 0 Å². The smallest absolute Gasteiger partial charge is 0.256 e. The van der Waals surface area contributed by atoms with Gasteiger partial charge in [0.1, 0.15) is 6.10 Å². The van der Waals surface area contributed by atoms with Crippen molar-refractivity contribution in [2.45, 2.75) is 18.6 Å². The number of nitrogens with zero attached hydrogens (tertiary/aromatic N) is 1. The Balaban J connectivity index is 1.94. The summed E-state index contributed by atoms with van der Waals surface area (Å²) in [5, 5.41) is 0. The maximum absolute atomic E-state index is 11.8. The van der Waals surface area contributed by atoms with E-state index in [-0.39, 0.29) is 18.1 Å². The van der Waals surface area contributed by atoms with Gasteiger partial charge in [-0.3, -0.25) is 4.79 Å². The minimum Gasteiger partial charge on any atom is -0.366 e. The summed E-state index contributed by atoms with van der Waals surface area (Å²) in [6, 6.07) is 8.07. The number of ether oxygens (including phenoxy) is 1. The van der Waals surface area contributed by atoms with Gasteiger partial charge in [-0.2, -0.15) is 0 Å². The molecular formula is C11H10BrNO2. The number of morpholine rings is 1. The Morgan fingerprint density at radius 1 is 1.33 bits per heavy atom. The Morgan fingerprint density at radius 3 is 2.67 bits per heavy atom. The van der Waals surface area contributed by atoms with Crippen molar-refractivity contribution in [3.8, 4) is 0 Å². The standard InChI is InChI=1S/C11H10BrNO2/c12-7-1-3-8(4-2-7)13-9-5-10(11(13)14)15-6-9/h1-4,9-10H,5-6H2. The third kappa shape index (κ3) is 1.40. The zero-order chi connectivity index (χ0) is 10.4. The van der Waals surface area contributed by atoms with Crippen LogP contribution in [0.15, 0.2) is 28.7 Å². The molecule has 2 heterocycles. The summed E-state index contributed by atoms with van der Waals surface area (Å²) in [5.41, 5.74) is 0.971. The van der Waals surface area contributed by atoms with Gasteiger partial charge < -0.3 is 9.64 Å². The second-order valence-electron chi connectivity index (χ2n) is 3.90. The van der Waals surface area contributed by atoms with Gasteiger partial charge in [0.05, 0.1) is 12.6 Å². The molecule has 0 N–H and O–H groups in total. The largest absolute Gasteiger partial charge is 0.366 e. The molecule has 2 aliphatic rings. The highest BCUT2D eigenvalue weighted by Gasteiger charge is 2.46. The van der Waals surface area contributed by atoms with E-state index in [0.29, 0.717) is 6.61 Å². The zero-order valence-corrected chi connectivity index (χ0v) is 9.61. The molecule has 2 bridgehead atoms. The van der Waals surface area contributed by atoms with Crippen LogP contribution < -0.4 is 4.90 Å². The van der Waals surface area contributed by atoms with Crippen molar-refractivity contribution in [2.75, 3.05) is 11.5 Å². The third-order valence-corrected chi connectivity index (χ3v) is 3.49. The van der Waals surface area contributed by atoms with Gasteiger partial charge in [-0.1, -0.05) is 15.9 Å². The summed E-state index contributed by atoms with van der Waals surface area (Å²) in [6.45, 7) is 0.673. The number of benzene rings is 1. The molecule has 2 saturated heterocycles. The number of carbonyl (C=O) groups is 1. The fourth-order valence-electron chi connectivity index (χ4n) is 2.24. The SMILES string of the molecule is O=C1C2CC(CO2)N1c1ccc(Br)cc1. The Morgan fingerprint density at radius 2 is 2.07 bits per heavy atom. The molecule has 15 heavy (non-hydrogen) atoms. The number of anilines is 1. The second kappa shape index (κ2) is 3.32. The summed E-state index contributed by atoms with van der Waals surface area (Å²) in [7, 11) is 0. The first kappa shape index (κ1) is 9.36. The summed E-state index contributed by atoms with van der Waals surface area (Å²) < 4.78 is 6.37. The second-order valence-corrected chi connectivity index (χ2v) is 4.81. The average molecular weight is 268 g/mol. The van der Waals surface area contributed by atoms with Crippen molar-refractivity contribution in [1.82, 2.24) is 0 Å². The molecule has 0 radical (unpaired) electrons. The van der Waals surface area contributed by atoms with Crippen molar-refractivity contribution in [3.63, 3.8) is 0 Å². The van der Waals surface area contributed by atoms with Crippen LogP contribution in [0.1, 0.15) is 6.42 Å². The van der Waals surface area contributed by atoms with Crippen molar-refractivity contribution in [3.05, 3.63) is 28.7 Å². The highest BCUT2D eigenvalue weighted by molar-refractivity contribution is 9.10. The molecule has 1 aromatic rings. The molecule has 2 aliphatic heterocycles. The minimum atomic E-state index is -0.196. The van der Waals surface area contributed by atoms with Gasteiger partial charge in [0.15, 0.2) is 0 Å². The lowest BCUT2D eigenvalue weighted by Gasteiger charge is -2.26. The number of halogens is 1. The number of hydrogen-bond donors (Lipinski definition) is 0. The number of hydrogen-bond acceptors (Lipinski definition) is 2. The molecular weight excluding hydrogens is 258 g/mol. The number of fused-ring (bicyclic) bond motifs is 2. The van der Waals surface area contributed by atoms with E-state index in [1.165, 1.54) is 0 Å². The van der Waals surface area contributed by atoms with Crippen LogP contribution in [0, 0.1) is 0 Å². The molecule has 0 aliphatic carbocycles. The van der Waals surface area contributed by atoms with Gasteiger partial charge in [0.2, 0.25) is 0 Å². The lowest BCUT2D eigenvalue weighted by molar-refractivity contribution is -0.128. The highest BCUT2D eigenvalue weighted by atomic mass is 79.9. The van der Waals surface area contributed by atoms with E-state index >= 15 is 0 Å².